The fourth-order valence-electron chi connectivity index (χ4n) is 3.88. The maximum absolute atomic E-state index is 12.2. The maximum atomic E-state index is 12.2. The molecule has 0 unspecified atom stereocenters. The first-order chi connectivity index (χ1) is 9.08. The Kier molecular flexibility index (Phi) is 4.88. The van der Waals surface area contributed by atoms with E-state index in [1.165, 1.54) is 44.9 Å². The molecule has 3 N–H and O–H groups in total. The fraction of sp³-hybridized carbons (Fsp3) is 0.938. The molecule has 3 nitrogen and oxygen atoms in total. The number of nitrogens with two attached hydrogens (primary N) is 1. The Balaban J connectivity index is 1.79. The third-order valence-corrected chi connectivity index (χ3v) is 5.41. The predicted molar refractivity (Wildman–Crippen MR) is 78.8 cm³/mol. The zero-order valence-electron chi connectivity index (χ0n) is 12.5. The van der Waals surface area contributed by atoms with Crippen molar-refractivity contribution in [3.05, 3.63) is 0 Å². The summed E-state index contributed by atoms with van der Waals surface area (Å²) in [5.74, 6) is 0.223. The van der Waals surface area contributed by atoms with E-state index in [1.807, 2.05) is 0 Å². The smallest absolute Gasteiger partial charge is 0.220 e. The summed E-state index contributed by atoms with van der Waals surface area (Å²) >= 11 is 0. The topological polar surface area (TPSA) is 55.1 Å². The Bertz CT molecular complexity index is 302. The zero-order chi connectivity index (χ0) is 13.8. The van der Waals surface area contributed by atoms with Gasteiger partial charge in [0.05, 0.1) is 0 Å². The summed E-state index contributed by atoms with van der Waals surface area (Å²) in [5, 5.41) is 3.18. The fourth-order valence-corrected chi connectivity index (χ4v) is 3.88. The van der Waals surface area contributed by atoms with Gasteiger partial charge in [0.15, 0.2) is 0 Å². The van der Waals surface area contributed by atoms with E-state index in [4.69, 9.17) is 5.73 Å². The third kappa shape index (κ3) is 3.95. The van der Waals surface area contributed by atoms with Crippen molar-refractivity contribution in [3.63, 3.8) is 0 Å². The Morgan fingerprint density at radius 1 is 1.05 bits per heavy atom. The lowest BCUT2D eigenvalue weighted by atomic mass is 9.71. The number of carbonyl (C=O) groups excluding carboxylic acids is 1. The monoisotopic (exact) mass is 266 g/mol. The van der Waals surface area contributed by atoms with Gasteiger partial charge in [0, 0.05) is 13.0 Å². The van der Waals surface area contributed by atoms with Gasteiger partial charge in [-0.05, 0) is 43.1 Å². The van der Waals surface area contributed by atoms with Gasteiger partial charge in [-0.1, -0.05) is 39.0 Å². The minimum absolute atomic E-state index is 0.0961. The van der Waals surface area contributed by atoms with E-state index in [1.54, 1.807) is 0 Å². The average Bonchev–Trinajstić information content (AvgIpc) is 2.85. The second-order valence-electron chi connectivity index (χ2n) is 7.24. The van der Waals surface area contributed by atoms with Crippen molar-refractivity contribution < 1.29 is 4.79 Å². The first-order valence-electron chi connectivity index (χ1n) is 8.04. The highest BCUT2D eigenvalue weighted by atomic mass is 16.1. The van der Waals surface area contributed by atoms with Gasteiger partial charge in [0.2, 0.25) is 5.91 Å². The van der Waals surface area contributed by atoms with Crippen molar-refractivity contribution in [1.29, 1.82) is 0 Å². The van der Waals surface area contributed by atoms with Crippen molar-refractivity contribution in [2.75, 3.05) is 13.1 Å². The molecule has 0 bridgehead atoms. The van der Waals surface area contributed by atoms with Crippen LogP contribution in [0.3, 0.4) is 0 Å². The van der Waals surface area contributed by atoms with Crippen LogP contribution in [0.4, 0.5) is 0 Å². The molecule has 2 fully saturated rings. The highest BCUT2D eigenvalue weighted by molar-refractivity contribution is 5.76. The standard InChI is InChI=1S/C16H30N2O/c1-15(7-5-6-8-15)13-18-14(19)11-16(12-17)9-3-2-4-10-16/h2-13,17H2,1H3,(H,18,19). The Hall–Kier alpha value is -0.570. The minimum atomic E-state index is 0.0961. The van der Waals surface area contributed by atoms with E-state index in [0.29, 0.717) is 18.4 Å². The lowest BCUT2D eigenvalue weighted by Crippen LogP contribution is -2.41. The van der Waals surface area contributed by atoms with Crippen LogP contribution in [0.1, 0.15) is 71.1 Å². The van der Waals surface area contributed by atoms with Crippen LogP contribution < -0.4 is 11.1 Å². The lowest BCUT2D eigenvalue weighted by Gasteiger charge is -2.36. The second kappa shape index (κ2) is 6.25. The molecule has 2 aliphatic rings. The molecule has 2 rings (SSSR count). The number of nitrogens with one attached hydrogen (secondary N) is 1. The summed E-state index contributed by atoms with van der Waals surface area (Å²) in [7, 11) is 0. The predicted octanol–water partition coefficient (Wildman–Crippen LogP) is 2.98. The molecule has 0 atom stereocenters. The molecule has 0 radical (unpaired) electrons. The summed E-state index contributed by atoms with van der Waals surface area (Å²) in [6.45, 7) is 3.82. The maximum Gasteiger partial charge on any atom is 0.220 e. The van der Waals surface area contributed by atoms with Crippen LogP contribution in [0, 0.1) is 10.8 Å². The van der Waals surface area contributed by atoms with E-state index in [9.17, 15) is 4.79 Å². The average molecular weight is 266 g/mol. The van der Waals surface area contributed by atoms with E-state index in [0.717, 1.165) is 19.4 Å². The molecule has 110 valence electrons. The molecular weight excluding hydrogens is 236 g/mol. The summed E-state index contributed by atoms with van der Waals surface area (Å²) in [5.41, 5.74) is 6.39. The molecule has 0 saturated heterocycles. The van der Waals surface area contributed by atoms with Crippen molar-refractivity contribution in [2.45, 2.75) is 71.1 Å². The lowest BCUT2D eigenvalue weighted by molar-refractivity contribution is -0.124. The summed E-state index contributed by atoms with van der Waals surface area (Å²) < 4.78 is 0. The van der Waals surface area contributed by atoms with Crippen LogP contribution >= 0.6 is 0 Å². The quantitative estimate of drug-likeness (QED) is 0.803. The largest absolute Gasteiger partial charge is 0.356 e. The molecule has 0 aromatic rings. The SMILES string of the molecule is CC1(CNC(=O)CC2(CN)CCCCC2)CCCC1. The summed E-state index contributed by atoms with van der Waals surface area (Å²) in [6, 6.07) is 0. The molecule has 2 saturated carbocycles. The van der Waals surface area contributed by atoms with Crippen LogP contribution in [0.15, 0.2) is 0 Å². The van der Waals surface area contributed by atoms with Gasteiger partial charge in [0.25, 0.3) is 0 Å². The van der Waals surface area contributed by atoms with Crippen LogP contribution in [0.25, 0.3) is 0 Å². The number of hydrogen-bond donors (Lipinski definition) is 2. The van der Waals surface area contributed by atoms with Crippen LogP contribution in [0.2, 0.25) is 0 Å². The molecule has 0 aromatic carbocycles. The number of rotatable bonds is 5. The van der Waals surface area contributed by atoms with Crippen molar-refractivity contribution >= 4 is 5.91 Å². The number of hydrogen-bond acceptors (Lipinski definition) is 2. The Labute approximate surface area is 117 Å². The molecule has 2 aliphatic carbocycles. The molecule has 0 aromatic heterocycles. The van der Waals surface area contributed by atoms with Crippen molar-refractivity contribution in [3.8, 4) is 0 Å². The summed E-state index contributed by atoms with van der Waals surface area (Å²) in [6.07, 6.45) is 11.8. The van der Waals surface area contributed by atoms with E-state index in [-0.39, 0.29) is 11.3 Å². The van der Waals surface area contributed by atoms with E-state index < -0.39 is 0 Å². The summed E-state index contributed by atoms with van der Waals surface area (Å²) in [4.78, 5) is 12.2. The van der Waals surface area contributed by atoms with Crippen LogP contribution in [0.5, 0.6) is 0 Å². The number of carbonyl (C=O) groups is 1. The molecule has 19 heavy (non-hydrogen) atoms. The normalized spacial score (nSPS) is 25.2. The molecule has 0 aliphatic heterocycles. The van der Waals surface area contributed by atoms with Crippen molar-refractivity contribution in [1.82, 2.24) is 5.32 Å². The first kappa shape index (κ1) is 14.8. The van der Waals surface area contributed by atoms with Gasteiger partial charge < -0.3 is 11.1 Å². The zero-order valence-corrected chi connectivity index (χ0v) is 12.5. The van der Waals surface area contributed by atoms with E-state index >= 15 is 0 Å². The Morgan fingerprint density at radius 3 is 2.21 bits per heavy atom. The Morgan fingerprint density at radius 2 is 1.63 bits per heavy atom. The van der Waals surface area contributed by atoms with E-state index in [2.05, 4.69) is 12.2 Å². The second-order valence-corrected chi connectivity index (χ2v) is 7.24. The van der Waals surface area contributed by atoms with Gasteiger partial charge in [-0.25, -0.2) is 0 Å². The third-order valence-electron chi connectivity index (χ3n) is 5.41. The number of amides is 1. The van der Waals surface area contributed by atoms with Crippen LogP contribution in [-0.4, -0.2) is 19.0 Å². The van der Waals surface area contributed by atoms with Crippen molar-refractivity contribution in [2.24, 2.45) is 16.6 Å². The minimum Gasteiger partial charge on any atom is -0.356 e. The van der Waals surface area contributed by atoms with Gasteiger partial charge in [-0.3, -0.25) is 4.79 Å². The molecular formula is C16H30N2O. The van der Waals surface area contributed by atoms with Gasteiger partial charge in [0.1, 0.15) is 0 Å². The molecule has 0 spiro atoms. The highest BCUT2D eigenvalue weighted by Gasteiger charge is 2.34. The van der Waals surface area contributed by atoms with Gasteiger partial charge in [-0.2, -0.15) is 0 Å². The highest BCUT2D eigenvalue weighted by Crippen LogP contribution is 2.39. The molecule has 0 heterocycles. The van der Waals surface area contributed by atoms with Crippen LogP contribution in [-0.2, 0) is 4.79 Å². The van der Waals surface area contributed by atoms with Gasteiger partial charge in [-0.15, -0.1) is 0 Å². The molecule has 1 amide bonds. The van der Waals surface area contributed by atoms with Gasteiger partial charge >= 0.3 is 0 Å². The molecule has 3 heteroatoms. The first-order valence-corrected chi connectivity index (χ1v) is 8.04.